The normalized spacial score (nSPS) is 25.2. The predicted octanol–water partition coefficient (Wildman–Crippen LogP) is 2.24. The standard InChI is InChI=1S/C6H10.2CHNO.CH4/c1-2-6-4-3-5(1)6;2*2-1-3;/h5-6H,1-4H2;2*2H;1H4. The van der Waals surface area contributed by atoms with E-state index < -0.39 is 0 Å². The van der Waals surface area contributed by atoms with Crippen LogP contribution in [0.1, 0.15) is 33.1 Å². The van der Waals surface area contributed by atoms with Gasteiger partial charge in [-0.1, -0.05) is 7.43 Å². The molecular formula is C9H16N2O2. The van der Waals surface area contributed by atoms with E-state index >= 15 is 0 Å². The summed E-state index contributed by atoms with van der Waals surface area (Å²) in [5.74, 6) is 2.43. The van der Waals surface area contributed by atoms with Crippen LogP contribution in [0.3, 0.4) is 0 Å². The zero-order valence-corrected chi connectivity index (χ0v) is 6.80. The summed E-state index contributed by atoms with van der Waals surface area (Å²) in [4.78, 5) is 16.7. The summed E-state index contributed by atoms with van der Waals surface area (Å²) in [6.45, 7) is 0. The van der Waals surface area contributed by atoms with E-state index in [1.807, 2.05) is 0 Å². The van der Waals surface area contributed by atoms with E-state index in [4.69, 9.17) is 20.4 Å². The fourth-order valence-corrected chi connectivity index (χ4v) is 1.56. The zero-order valence-electron chi connectivity index (χ0n) is 6.80. The first-order valence-electron chi connectivity index (χ1n) is 3.87. The van der Waals surface area contributed by atoms with E-state index in [1.54, 1.807) is 25.7 Å². The van der Waals surface area contributed by atoms with Crippen molar-refractivity contribution >= 4 is 12.2 Å². The van der Waals surface area contributed by atoms with Crippen LogP contribution >= 0.6 is 0 Å². The molecule has 0 saturated heterocycles. The summed E-state index contributed by atoms with van der Waals surface area (Å²) >= 11 is 0. The van der Waals surface area contributed by atoms with Crippen molar-refractivity contribution in [2.24, 2.45) is 11.8 Å². The minimum atomic E-state index is 0. The molecule has 0 heterocycles. The lowest BCUT2D eigenvalue weighted by molar-refractivity contribution is 0.0548. The molecule has 0 bridgehead atoms. The summed E-state index contributed by atoms with van der Waals surface area (Å²) in [6.07, 6.45) is 7.74. The third kappa shape index (κ3) is 5.07. The second-order valence-electron chi connectivity index (χ2n) is 2.88. The highest BCUT2D eigenvalue weighted by Crippen LogP contribution is 2.49. The Balaban J connectivity index is 0. The highest BCUT2D eigenvalue weighted by atomic mass is 16.1. The SMILES string of the molecule is C.C1CC2CCC12.N=C=O.N=C=O. The van der Waals surface area contributed by atoms with Gasteiger partial charge in [-0.05, 0) is 37.5 Å². The van der Waals surface area contributed by atoms with Crippen LogP contribution in [0.4, 0.5) is 0 Å². The van der Waals surface area contributed by atoms with Crippen molar-refractivity contribution < 1.29 is 9.59 Å². The molecule has 0 aromatic rings. The van der Waals surface area contributed by atoms with Gasteiger partial charge in [0.2, 0.25) is 12.2 Å². The van der Waals surface area contributed by atoms with Crippen LogP contribution in [0.2, 0.25) is 0 Å². The zero-order chi connectivity index (χ0) is 9.40. The summed E-state index contributed by atoms with van der Waals surface area (Å²) < 4.78 is 0. The van der Waals surface area contributed by atoms with Crippen molar-refractivity contribution in [1.29, 1.82) is 10.8 Å². The van der Waals surface area contributed by atoms with Gasteiger partial charge in [0.15, 0.2) is 0 Å². The summed E-state index contributed by atoms with van der Waals surface area (Å²) in [7, 11) is 0. The van der Waals surface area contributed by atoms with E-state index in [0.717, 1.165) is 12.2 Å². The molecule has 0 atom stereocenters. The van der Waals surface area contributed by atoms with Gasteiger partial charge in [0.05, 0.1) is 0 Å². The van der Waals surface area contributed by atoms with Gasteiger partial charge < -0.3 is 0 Å². The molecule has 0 aliphatic heterocycles. The molecule has 0 unspecified atom stereocenters. The maximum absolute atomic E-state index is 8.35. The van der Waals surface area contributed by atoms with Crippen LogP contribution < -0.4 is 0 Å². The molecular weight excluding hydrogens is 168 g/mol. The molecule has 0 amide bonds. The van der Waals surface area contributed by atoms with Crippen LogP contribution in [-0.4, -0.2) is 12.2 Å². The van der Waals surface area contributed by atoms with Crippen molar-refractivity contribution in [2.45, 2.75) is 33.1 Å². The largest absolute Gasteiger partial charge is 0.231 e. The van der Waals surface area contributed by atoms with Crippen molar-refractivity contribution in [3.05, 3.63) is 0 Å². The molecule has 0 aromatic heterocycles. The van der Waals surface area contributed by atoms with Crippen LogP contribution in [0, 0.1) is 22.7 Å². The highest BCUT2D eigenvalue weighted by Gasteiger charge is 2.37. The van der Waals surface area contributed by atoms with Crippen molar-refractivity contribution in [2.75, 3.05) is 0 Å². The minimum absolute atomic E-state index is 0. The molecule has 74 valence electrons. The molecule has 2 fully saturated rings. The van der Waals surface area contributed by atoms with E-state index in [0.29, 0.717) is 0 Å². The van der Waals surface area contributed by atoms with Gasteiger partial charge in [-0.3, -0.25) is 0 Å². The fourth-order valence-electron chi connectivity index (χ4n) is 1.56. The van der Waals surface area contributed by atoms with Crippen molar-refractivity contribution in [3.8, 4) is 0 Å². The molecule has 13 heavy (non-hydrogen) atoms. The summed E-state index contributed by atoms with van der Waals surface area (Å²) in [5.41, 5.74) is 0. The Bertz CT molecular complexity index is 162. The Labute approximate surface area is 78.4 Å². The van der Waals surface area contributed by atoms with Gasteiger partial charge in [-0.25, -0.2) is 20.4 Å². The monoisotopic (exact) mass is 184 g/mol. The Kier molecular flexibility index (Phi) is 9.73. The molecule has 2 N–H and O–H groups in total. The van der Waals surface area contributed by atoms with E-state index in [9.17, 15) is 0 Å². The van der Waals surface area contributed by atoms with Gasteiger partial charge in [-0.2, -0.15) is 0 Å². The van der Waals surface area contributed by atoms with E-state index in [1.165, 1.54) is 11.8 Å². The molecule has 4 heteroatoms. The van der Waals surface area contributed by atoms with Crippen LogP contribution in [0.15, 0.2) is 0 Å². The van der Waals surface area contributed by atoms with Crippen LogP contribution in [0.5, 0.6) is 0 Å². The number of isocyanates is 2. The first kappa shape index (κ1) is 14.3. The molecule has 2 aliphatic rings. The number of fused-ring (bicyclic) bond motifs is 1. The number of rotatable bonds is 0. The fraction of sp³-hybridized carbons (Fsp3) is 0.778. The Hall–Kier alpha value is -1.24. The first-order valence-corrected chi connectivity index (χ1v) is 3.87. The maximum atomic E-state index is 8.35. The average molecular weight is 184 g/mol. The number of hydrogen-bond donors (Lipinski definition) is 2. The third-order valence-electron chi connectivity index (χ3n) is 2.48. The Morgan fingerprint density at radius 3 is 1.00 bits per heavy atom. The predicted molar refractivity (Wildman–Crippen MR) is 49.0 cm³/mol. The first-order chi connectivity index (χ1) is 5.79. The smallest absolute Gasteiger partial charge is 0.222 e. The quantitative estimate of drug-likeness (QED) is 0.447. The van der Waals surface area contributed by atoms with Gasteiger partial charge in [0.1, 0.15) is 0 Å². The summed E-state index contributed by atoms with van der Waals surface area (Å²) in [6, 6.07) is 0. The molecule has 2 saturated carbocycles. The average Bonchev–Trinajstić information content (AvgIpc) is 2.00. The maximum Gasteiger partial charge on any atom is 0.231 e. The molecule has 0 spiro atoms. The third-order valence-corrected chi connectivity index (χ3v) is 2.48. The van der Waals surface area contributed by atoms with Crippen molar-refractivity contribution in [3.63, 3.8) is 0 Å². The van der Waals surface area contributed by atoms with Crippen LogP contribution in [0.25, 0.3) is 0 Å². The molecule has 0 aromatic carbocycles. The van der Waals surface area contributed by atoms with Gasteiger partial charge >= 0.3 is 0 Å². The second-order valence-corrected chi connectivity index (χ2v) is 2.88. The Morgan fingerprint density at radius 2 is 1.00 bits per heavy atom. The topological polar surface area (TPSA) is 81.8 Å². The van der Waals surface area contributed by atoms with Gasteiger partial charge in [0.25, 0.3) is 0 Å². The second kappa shape index (κ2) is 8.85. The number of nitrogens with one attached hydrogen (secondary N) is 2. The minimum Gasteiger partial charge on any atom is -0.222 e. The lowest BCUT2D eigenvalue weighted by atomic mass is 9.60. The van der Waals surface area contributed by atoms with E-state index in [2.05, 4.69) is 0 Å². The highest BCUT2D eigenvalue weighted by molar-refractivity contribution is 5.26. The lowest BCUT2D eigenvalue weighted by Crippen LogP contribution is -2.34. The summed E-state index contributed by atoms with van der Waals surface area (Å²) in [5, 5.41) is 10.8. The Morgan fingerprint density at radius 1 is 0.846 bits per heavy atom. The van der Waals surface area contributed by atoms with Crippen LogP contribution in [-0.2, 0) is 9.59 Å². The van der Waals surface area contributed by atoms with E-state index in [-0.39, 0.29) is 7.43 Å². The molecule has 4 nitrogen and oxygen atoms in total. The lowest BCUT2D eigenvalue weighted by Gasteiger charge is -2.46. The molecule has 2 rings (SSSR count). The van der Waals surface area contributed by atoms with Gasteiger partial charge in [-0.15, -0.1) is 0 Å². The van der Waals surface area contributed by atoms with Crippen molar-refractivity contribution in [1.82, 2.24) is 0 Å². The number of hydrogen-bond acceptors (Lipinski definition) is 4. The van der Waals surface area contributed by atoms with Gasteiger partial charge in [0, 0.05) is 0 Å². The number of carbonyl (C=O) groups excluding carboxylic acids is 2. The molecule has 0 radical (unpaired) electrons. The molecule has 2 aliphatic carbocycles.